The average Bonchev–Trinajstić information content (AvgIpc) is 2.81. The number of hydrogen-bond donors (Lipinski definition) is 0. The van der Waals surface area contributed by atoms with Crippen molar-refractivity contribution >= 4 is 0 Å². The second-order valence-corrected chi connectivity index (χ2v) is 6.82. The number of rotatable bonds is 2. The molecule has 0 heterocycles. The molecule has 0 aliphatic heterocycles. The van der Waals surface area contributed by atoms with Gasteiger partial charge in [0.25, 0.3) is 0 Å². The van der Waals surface area contributed by atoms with Crippen LogP contribution in [0.25, 0.3) is 0 Å². The van der Waals surface area contributed by atoms with Crippen molar-refractivity contribution in [3.8, 4) is 0 Å². The van der Waals surface area contributed by atoms with E-state index in [1.54, 1.807) is 25.7 Å². The van der Waals surface area contributed by atoms with Gasteiger partial charge in [0.05, 0.1) is 0 Å². The van der Waals surface area contributed by atoms with Crippen LogP contribution in [-0.2, 0) is 0 Å². The summed E-state index contributed by atoms with van der Waals surface area (Å²) in [6.45, 7) is 11.3. The van der Waals surface area contributed by atoms with E-state index in [9.17, 15) is 0 Å². The zero-order valence-electron chi connectivity index (χ0n) is 12.9. The van der Waals surface area contributed by atoms with Gasteiger partial charge in [-0.05, 0) is 55.3 Å². The van der Waals surface area contributed by atoms with E-state index in [-0.39, 0.29) is 0 Å². The third kappa shape index (κ3) is 3.48. The quantitative estimate of drug-likeness (QED) is 0.537. The predicted octanol–water partition coefficient (Wildman–Crippen LogP) is 6.20. The molecule has 0 N–H and O–H groups in total. The molecule has 17 heavy (non-hydrogen) atoms. The fourth-order valence-electron chi connectivity index (χ4n) is 3.93. The monoisotopic (exact) mass is 238 g/mol. The first kappa shape index (κ1) is 15.1. The Morgan fingerprint density at radius 2 is 1.41 bits per heavy atom. The van der Waals surface area contributed by atoms with Crippen LogP contribution in [0.4, 0.5) is 0 Å². The molecule has 0 heteroatoms. The van der Waals surface area contributed by atoms with E-state index in [0.29, 0.717) is 5.41 Å². The second kappa shape index (κ2) is 6.25. The molecule has 2 fully saturated rings. The number of hydrogen-bond acceptors (Lipinski definition) is 0. The lowest BCUT2D eigenvalue weighted by Crippen LogP contribution is -2.32. The van der Waals surface area contributed by atoms with Crippen molar-refractivity contribution in [1.82, 2.24) is 0 Å². The van der Waals surface area contributed by atoms with Gasteiger partial charge >= 0.3 is 0 Å². The molecule has 102 valence electrons. The van der Waals surface area contributed by atoms with Crippen LogP contribution in [0.3, 0.4) is 0 Å². The maximum absolute atomic E-state index is 2.48. The van der Waals surface area contributed by atoms with Gasteiger partial charge < -0.3 is 0 Å². The molecule has 2 saturated carbocycles. The molecule has 0 aromatic carbocycles. The summed E-state index contributed by atoms with van der Waals surface area (Å²) in [7, 11) is 0. The highest BCUT2D eigenvalue weighted by atomic mass is 14.5. The van der Waals surface area contributed by atoms with E-state index in [0.717, 1.165) is 11.3 Å². The molecule has 2 aliphatic rings. The molecule has 0 nitrogen and oxygen atoms in total. The smallest absolute Gasteiger partial charge is 0.0297 e. The Bertz CT molecular complexity index is 198. The van der Waals surface area contributed by atoms with Crippen molar-refractivity contribution in [3.05, 3.63) is 0 Å². The minimum absolute atomic E-state index is 0.597. The van der Waals surface area contributed by atoms with Gasteiger partial charge in [-0.15, -0.1) is 0 Å². The van der Waals surface area contributed by atoms with E-state index in [1.165, 1.54) is 32.1 Å². The van der Waals surface area contributed by atoms with Gasteiger partial charge in [-0.3, -0.25) is 0 Å². The molecule has 2 rings (SSSR count). The maximum Gasteiger partial charge on any atom is -0.0297 e. The Labute approximate surface area is 110 Å². The molecular weight excluding hydrogens is 204 g/mol. The third-order valence-corrected chi connectivity index (χ3v) is 5.73. The minimum atomic E-state index is 0.597. The lowest BCUT2D eigenvalue weighted by molar-refractivity contribution is 0.0790. The highest BCUT2D eigenvalue weighted by Crippen LogP contribution is 2.53. The summed E-state index contributed by atoms with van der Waals surface area (Å²) in [6, 6.07) is 0. The van der Waals surface area contributed by atoms with E-state index in [4.69, 9.17) is 0 Å². The summed E-state index contributed by atoms with van der Waals surface area (Å²) < 4.78 is 0. The molecule has 0 aromatic rings. The molecule has 0 unspecified atom stereocenters. The predicted molar refractivity (Wildman–Crippen MR) is 78.3 cm³/mol. The van der Waals surface area contributed by atoms with Gasteiger partial charge in [-0.25, -0.2) is 0 Å². The zero-order valence-corrected chi connectivity index (χ0v) is 12.9. The minimum Gasteiger partial charge on any atom is -0.0683 e. The molecule has 0 bridgehead atoms. The van der Waals surface area contributed by atoms with Crippen LogP contribution in [0.2, 0.25) is 0 Å². The van der Waals surface area contributed by atoms with Crippen molar-refractivity contribution in [2.75, 3.05) is 0 Å². The fourth-order valence-corrected chi connectivity index (χ4v) is 3.93. The summed E-state index contributed by atoms with van der Waals surface area (Å²) in [5, 5.41) is 0. The summed E-state index contributed by atoms with van der Waals surface area (Å²) >= 11 is 0. The third-order valence-electron chi connectivity index (χ3n) is 5.73. The van der Waals surface area contributed by atoms with Crippen LogP contribution in [0.1, 0.15) is 92.4 Å². The molecule has 0 saturated heterocycles. The first-order valence-corrected chi connectivity index (χ1v) is 8.08. The van der Waals surface area contributed by atoms with Crippen LogP contribution in [0, 0.1) is 16.7 Å². The summed E-state index contributed by atoms with van der Waals surface area (Å²) in [5.41, 5.74) is 1.42. The first-order valence-electron chi connectivity index (χ1n) is 8.08. The molecule has 2 aliphatic carbocycles. The summed E-state index contributed by atoms with van der Waals surface area (Å²) in [5.74, 6) is 1.01. The van der Waals surface area contributed by atoms with Crippen LogP contribution >= 0.6 is 0 Å². The summed E-state index contributed by atoms with van der Waals surface area (Å²) in [6.07, 6.45) is 13.6. The molecular formula is C17H34. The van der Waals surface area contributed by atoms with E-state index in [1.807, 2.05) is 13.8 Å². The topological polar surface area (TPSA) is 0 Å². The first-order chi connectivity index (χ1) is 8.08. The zero-order chi connectivity index (χ0) is 12.9. The maximum atomic E-state index is 2.48. The molecule has 0 radical (unpaired) electrons. The van der Waals surface area contributed by atoms with Crippen LogP contribution in [0.5, 0.6) is 0 Å². The van der Waals surface area contributed by atoms with Crippen LogP contribution in [0.15, 0.2) is 0 Å². The Morgan fingerprint density at radius 1 is 0.941 bits per heavy atom. The van der Waals surface area contributed by atoms with Crippen LogP contribution < -0.4 is 0 Å². The van der Waals surface area contributed by atoms with Crippen molar-refractivity contribution in [2.24, 2.45) is 16.7 Å². The van der Waals surface area contributed by atoms with E-state index < -0.39 is 0 Å². The van der Waals surface area contributed by atoms with Gasteiger partial charge in [-0.1, -0.05) is 53.9 Å². The average molecular weight is 238 g/mol. The van der Waals surface area contributed by atoms with Gasteiger partial charge in [0, 0.05) is 0 Å². The van der Waals surface area contributed by atoms with Crippen molar-refractivity contribution in [3.63, 3.8) is 0 Å². The van der Waals surface area contributed by atoms with Gasteiger partial charge in [-0.2, -0.15) is 0 Å². The standard InChI is InChI=1S/C15H28.C2H6/c1-4-14(2,3)13-7-11-15(12-8-13)9-5-6-10-15;1-2/h13H,4-12H2,1-3H3;1-2H3. The van der Waals surface area contributed by atoms with E-state index in [2.05, 4.69) is 20.8 Å². The van der Waals surface area contributed by atoms with Crippen LogP contribution in [-0.4, -0.2) is 0 Å². The molecule has 1 spiro atoms. The highest BCUT2D eigenvalue weighted by molar-refractivity contribution is 4.92. The SMILES string of the molecule is CC.CCC(C)(C)C1CCC2(CCCC2)CC1. The Morgan fingerprint density at radius 3 is 1.82 bits per heavy atom. The Kier molecular flexibility index (Phi) is 5.54. The largest absolute Gasteiger partial charge is 0.0683 e. The van der Waals surface area contributed by atoms with E-state index >= 15 is 0 Å². The van der Waals surface area contributed by atoms with Crippen molar-refractivity contribution in [1.29, 1.82) is 0 Å². The fraction of sp³-hybridized carbons (Fsp3) is 1.00. The Balaban J connectivity index is 0.000000686. The van der Waals surface area contributed by atoms with Crippen molar-refractivity contribution in [2.45, 2.75) is 92.4 Å². The van der Waals surface area contributed by atoms with Crippen molar-refractivity contribution < 1.29 is 0 Å². The molecule has 0 atom stereocenters. The lowest BCUT2D eigenvalue weighted by Gasteiger charge is -2.43. The molecule has 0 amide bonds. The molecule has 0 aromatic heterocycles. The van der Waals surface area contributed by atoms with Gasteiger partial charge in [0.15, 0.2) is 0 Å². The lowest BCUT2D eigenvalue weighted by atomic mass is 9.62. The highest BCUT2D eigenvalue weighted by Gasteiger charge is 2.40. The van der Waals surface area contributed by atoms with Gasteiger partial charge in [0.1, 0.15) is 0 Å². The Hall–Kier alpha value is 0. The normalized spacial score (nSPS) is 24.5. The second-order valence-electron chi connectivity index (χ2n) is 6.82. The summed E-state index contributed by atoms with van der Waals surface area (Å²) in [4.78, 5) is 0. The van der Waals surface area contributed by atoms with Gasteiger partial charge in [0.2, 0.25) is 0 Å².